The Hall–Kier alpha value is -2.62. The first kappa shape index (κ1) is 11.5. The van der Waals surface area contributed by atoms with Crippen molar-refractivity contribution in [3.05, 3.63) is 60.6 Å². The molecule has 2 aromatic heterocycles. The molecule has 1 aromatic carbocycles. The van der Waals surface area contributed by atoms with Gasteiger partial charge in [-0.1, -0.05) is 30.3 Å². The Morgan fingerprint density at radius 1 is 1.05 bits per heavy atom. The van der Waals surface area contributed by atoms with Crippen molar-refractivity contribution in [2.45, 2.75) is 6.92 Å². The SMILES string of the molecule is Cc1ccc(-n2cc(-c3ccccc3)nc2N)cn1. The summed E-state index contributed by atoms with van der Waals surface area (Å²) >= 11 is 0. The first-order valence-electron chi connectivity index (χ1n) is 6.07. The van der Waals surface area contributed by atoms with Gasteiger partial charge in [-0.05, 0) is 19.1 Å². The smallest absolute Gasteiger partial charge is 0.205 e. The molecule has 0 saturated carbocycles. The fourth-order valence-electron chi connectivity index (χ4n) is 1.95. The lowest BCUT2D eigenvalue weighted by Gasteiger charge is -2.03. The second-order valence-corrected chi connectivity index (χ2v) is 4.38. The molecule has 2 heterocycles. The van der Waals surface area contributed by atoms with E-state index < -0.39 is 0 Å². The van der Waals surface area contributed by atoms with E-state index in [1.54, 1.807) is 6.20 Å². The second kappa shape index (κ2) is 4.57. The summed E-state index contributed by atoms with van der Waals surface area (Å²) in [7, 11) is 0. The topological polar surface area (TPSA) is 56.7 Å². The van der Waals surface area contributed by atoms with Crippen molar-refractivity contribution >= 4 is 5.95 Å². The molecule has 0 aliphatic heterocycles. The molecule has 0 aliphatic carbocycles. The molecule has 0 spiro atoms. The summed E-state index contributed by atoms with van der Waals surface area (Å²) in [5.74, 6) is 0.463. The van der Waals surface area contributed by atoms with Gasteiger partial charge in [0.05, 0.1) is 17.6 Å². The number of rotatable bonds is 2. The fraction of sp³-hybridized carbons (Fsp3) is 0.0667. The van der Waals surface area contributed by atoms with Gasteiger partial charge in [0.2, 0.25) is 5.95 Å². The van der Waals surface area contributed by atoms with Gasteiger partial charge in [-0.3, -0.25) is 9.55 Å². The van der Waals surface area contributed by atoms with E-state index in [9.17, 15) is 0 Å². The van der Waals surface area contributed by atoms with Gasteiger partial charge in [0.25, 0.3) is 0 Å². The maximum Gasteiger partial charge on any atom is 0.205 e. The Kier molecular flexibility index (Phi) is 2.76. The predicted octanol–water partition coefficient (Wildman–Crippen LogP) is 2.82. The van der Waals surface area contributed by atoms with Gasteiger partial charge in [-0.15, -0.1) is 0 Å². The van der Waals surface area contributed by atoms with Gasteiger partial charge in [-0.2, -0.15) is 0 Å². The van der Waals surface area contributed by atoms with Crippen molar-refractivity contribution in [1.82, 2.24) is 14.5 Å². The first-order chi connectivity index (χ1) is 9.24. The highest BCUT2D eigenvalue weighted by atomic mass is 15.1. The zero-order chi connectivity index (χ0) is 13.2. The van der Waals surface area contributed by atoms with E-state index >= 15 is 0 Å². The molecule has 0 atom stereocenters. The zero-order valence-corrected chi connectivity index (χ0v) is 10.6. The van der Waals surface area contributed by atoms with Crippen LogP contribution in [-0.2, 0) is 0 Å². The lowest BCUT2D eigenvalue weighted by molar-refractivity contribution is 1.04. The van der Waals surface area contributed by atoms with Crippen LogP contribution in [0.4, 0.5) is 5.95 Å². The van der Waals surface area contributed by atoms with Gasteiger partial charge in [0.15, 0.2) is 0 Å². The maximum atomic E-state index is 5.97. The summed E-state index contributed by atoms with van der Waals surface area (Å²) in [5, 5.41) is 0. The molecular weight excluding hydrogens is 236 g/mol. The third-order valence-corrected chi connectivity index (χ3v) is 2.98. The number of anilines is 1. The van der Waals surface area contributed by atoms with Crippen LogP contribution in [0.15, 0.2) is 54.9 Å². The largest absolute Gasteiger partial charge is 0.369 e. The van der Waals surface area contributed by atoms with Crippen molar-refractivity contribution in [3.63, 3.8) is 0 Å². The van der Waals surface area contributed by atoms with Crippen molar-refractivity contribution in [3.8, 4) is 16.9 Å². The van der Waals surface area contributed by atoms with Crippen LogP contribution in [0.25, 0.3) is 16.9 Å². The van der Waals surface area contributed by atoms with Crippen LogP contribution < -0.4 is 5.73 Å². The van der Waals surface area contributed by atoms with Gasteiger partial charge in [0.1, 0.15) is 0 Å². The Bertz CT molecular complexity index is 684. The Balaban J connectivity index is 2.05. The number of nitrogen functional groups attached to an aromatic ring is 1. The standard InChI is InChI=1S/C15H14N4/c1-11-7-8-13(9-17-11)19-10-14(18-15(19)16)12-5-3-2-4-6-12/h2-10H,1H3,(H2,16,18). The van der Waals surface area contributed by atoms with Crippen LogP contribution in [0.3, 0.4) is 0 Å². The normalized spacial score (nSPS) is 10.6. The van der Waals surface area contributed by atoms with Crippen LogP contribution in [0.1, 0.15) is 5.69 Å². The molecule has 2 N–H and O–H groups in total. The number of benzene rings is 1. The number of nitrogens with two attached hydrogens (primary N) is 1. The van der Waals surface area contributed by atoms with Crippen LogP contribution in [0.5, 0.6) is 0 Å². The molecule has 19 heavy (non-hydrogen) atoms. The molecule has 94 valence electrons. The maximum absolute atomic E-state index is 5.97. The van der Waals surface area contributed by atoms with Crippen LogP contribution in [0, 0.1) is 6.92 Å². The van der Waals surface area contributed by atoms with Gasteiger partial charge in [0, 0.05) is 17.5 Å². The molecule has 0 aliphatic rings. The number of hydrogen-bond donors (Lipinski definition) is 1. The summed E-state index contributed by atoms with van der Waals surface area (Å²) in [6, 6.07) is 13.9. The third kappa shape index (κ3) is 2.20. The Labute approximate surface area is 111 Å². The van der Waals surface area contributed by atoms with Crippen molar-refractivity contribution in [1.29, 1.82) is 0 Å². The van der Waals surface area contributed by atoms with E-state index in [0.29, 0.717) is 5.95 Å². The fourth-order valence-corrected chi connectivity index (χ4v) is 1.95. The molecule has 0 unspecified atom stereocenters. The monoisotopic (exact) mass is 250 g/mol. The van der Waals surface area contributed by atoms with Crippen LogP contribution in [0.2, 0.25) is 0 Å². The average Bonchev–Trinajstić information content (AvgIpc) is 2.83. The molecule has 0 radical (unpaired) electrons. The highest BCUT2D eigenvalue weighted by molar-refractivity contribution is 5.61. The number of imidazole rings is 1. The molecule has 4 nitrogen and oxygen atoms in total. The van der Waals surface area contributed by atoms with Gasteiger partial charge in [-0.25, -0.2) is 4.98 Å². The molecular formula is C15H14N4. The Morgan fingerprint density at radius 2 is 1.84 bits per heavy atom. The third-order valence-electron chi connectivity index (χ3n) is 2.98. The molecule has 3 aromatic rings. The molecule has 4 heteroatoms. The number of aromatic nitrogens is 3. The minimum absolute atomic E-state index is 0.463. The minimum atomic E-state index is 0.463. The predicted molar refractivity (Wildman–Crippen MR) is 75.9 cm³/mol. The van der Waals surface area contributed by atoms with Crippen molar-refractivity contribution in [2.24, 2.45) is 0 Å². The summed E-state index contributed by atoms with van der Waals surface area (Å²) in [4.78, 5) is 8.67. The molecule has 0 bridgehead atoms. The van der Waals surface area contributed by atoms with Crippen molar-refractivity contribution < 1.29 is 0 Å². The molecule has 0 amide bonds. The number of pyridine rings is 1. The van der Waals surface area contributed by atoms with Crippen molar-refractivity contribution in [2.75, 3.05) is 5.73 Å². The summed E-state index contributed by atoms with van der Waals surface area (Å²) in [5.41, 5.74) is 9.77. The van der Waals surface area contributed by atoms with E-state index in [1.165, 1.54) is 0 Å². The second-order valence-electron chi connectivity index (χ2n) is 4.38. The summed E-state index contributed by atoms with van der Waals surface area (Å²) in [6.45, 7) is 1.95. The summed E-state index contributed by atoms with van der Waals surface area (Å²) < 4.78 is 1.84. The number of hydrogen-bond acceptors (Lipinski definition) is 3. The lowest BCUT2D eigenvalue weighted by atomic mass is 10.2. The van der Waals surface area contributed by atoms with E-state index in [-0.39, 0.29) is 0 Å². The minimum Gasteiger partial charge on any atom is -0.369 e. The average molecular weight is 250 g/mol. The van der Waals surface area contributed by atoms with Crippen LogP contribution in [-0.4, -0.2) is 14.5 Å². The number of aryl methyl sites for hydroxylation is 1. The highest BCUT2D eigenvalue weighted by Crippen LogP contribution is 2.22. The van der Waals surface area contributed by atoms with Gasteiger partial charge < -0.3 is 5.73 Å². The van der Waals surface area contributed by atoms with E-state index in [0.717, 1.165) is 22.6 Å². The van der Waals surface area contributed by atoms with E-state index in [2.05, 4.69) is 9.97 Å². The molecule has 0 saturated heterocycles. The lowest BCUT2D eigenvalue weighted by Crippen LogP contribution is -2.00. The quantitative estimate of drug-likeness (QED) is 0.760. The first-order valence-corrected chi connectivity index (χ1v) is 6.07. The zero-order valence-electron chi connectivity index (χ0n) is 10.6. The molecule has 3 rings (SSSR count). The Morgan fingerprint density at radius 3 is 2.53 bits per heavy atom. The summed E-state index contributed by atoms with van der Waals surface area (Å²) in [6.07, 6.45) is 3.72. The van der Waals surface area contributed by atoms with Gasteiger partial charge >= 0.3 is 0 Å². The van der Waals surface area contributed by atoms with E-state index in [4.69, 9.17) is 5.73 Å². The highest BCUT2D eigenvalue weighted by Gasteiger charge is 2.08. The van der Waals surface area contributed by atoms with Crippen LogP contribution >= 0.6 is 0 Å². The van der Waals surface area contributed by atoms with E-state index in [1.807, 2.05) is 60.2 Å². The molecule has 0 fully saturated rings. The number of nitrogens with zero attached hydrogens (tertiary/aromatic N) is 3.